The third-order valence-electron chi connectivity index (χ3n) is 3.69. The van der Waals surface area contributed by atoms with Gasteiger partial charge in [0, 0.05) is 51.2 Å². The maximum absolute atomic E-state index is 4.99. The van der Waals surface area contributed by atoms with Gasteiger partial charge in [0.2, 0.25) is 5.95 Å². The van der Waals surface area contributed by atoms with Crippen LogP contribution in [0.5, 0.6) is 0 Å². The highest BCUT2D eigenvalue weighted by Gasteiger charge is 2.21. The van der Waals surface area contributed by atoms with E-state index in [0.717, 1.165) is 31.2 Å². The zero-order valence-electron chi connectivity index (χ0n) is 11.9. The van der Waals surface area contributed by atoms with Crippen molar-refractivity contribution in [3.05, 3.63) is 18.0 Å². The quantitative estimate of drug-likeness (QED) is 0.758. The van der Waals surface area contributed by atoms with Crippen LogP contribution in [0, 0.1) is 0 Å². The van der Waals surface area contributed by atoms with Crippen LogP contribution >= 0.6 is 0 Å². The van der Waals surface area contributed by atoms with Crippen LogP contribution in [0.1, 0.15) is 31.2 Å². The molecular weight excluding hydrogens is 240 g/mol. The number of rotatable bonds is 7. The molecule has 0 amide bonds. The Bertz CT molecular complexity index is 362. The third kappa shape index (κ3) is 4.14. The predicted molar refractivity (Wildman–Crippen MR) is 76.3 cm³/mol. The Morgan fingerprint density at radius 3 is 2.63 bits per heavy atom. The molecule has 0 unspecified atom stereocenters. The van der Waals surface area contributed by atoms with Crippen LogP contribution in [0.4, 0.5) is 5.95 Å². The van der Waals surface area contributed by atoms with Crippen molar-refractivity contribution >= 4 is 5.95 Å². The van der Waals surface area contributed by atoms with Crippen LogP contribution in [-0.2, 0) is 11.3 Å². The normalized spacial score (nSPS) is 15.9. The lowest BCUT2D eigenvalue weighted by atomic mass is 10.2. The molecule has 0 aromatic carbocycles. The molecular formula is C14H24N4O. The fourth-order valence-corrected chi connectivity index (χ4v) is 2.48. The molecule has 0 saturated heterocycles. The predicted octanol–water partition coefficient (Wildman–Crippen LogP) is 1.59. The van der Waals surface area contributed by atoms with E-state index >= 15 is 0 Å². The summed E-state index contributed by atoms with van der Waals surface area (Å²) in [6.45, 7) is 2.36. The Kier molecular flexibility index (Phi) is 5.54. The summed E-state index contributed by atoms with van der Waals surface area (Å²) in [5, 5.41) is 3.29. The molecule has 5 nitrogen and oxygen atoms in total. The topological polar surface area (TPSA) is 50.3 Å². The summed E-state index contributed by atoms with van der Waals surface area (Å²) in [5.74, 6) is 0.840. The number of methoxy groups -OCH3 is 1. The highest BCUT2D eigenvalue weighted by molar-refractivity contribution is 5.30. The van der Waals surface area contributed by atoms with Crippen molar-refractivity contribution < 1.29 is 4.74 Å². The molecule has 1 aromatic heterocycles. The number of nitrogens with one attached hydrogen (secondary N) is 1. The van der Waals surface area contributed by atoms with Crippen molar-refractivity contribution in [1.29, 1.82) is 0 Å². The minimum atomic E-state index is 0.616. The van der Waals surface area contributed by atoms with Crippen LogP contribution in [0.2, 0.25) is 0 Å². The first kappa shape index (κ1) is 14.2. The highest BCUT2D eigenvalue weighted by atomic mass is 16.5. The van der Waals surface area contributed by atoms with E-state index in [-0.39, 0.29) is 0 Å². The average molecular weight is 264 g/mol. The van der Waals surface area contributed by atoms with Crippen molar-refractivity contribution in [2.24, 2.45) is 0 Å². The van der Waals surface area contributed by atoms with Gasteiger partial charge in [-0.25, -0.2) is 9.97 Å². The van der Waals surface area contributed by atoms with Crippen molar-refractivity contribution in [2.45, 2.75) is 38.3 Å². The molecule has 106 valence electrons. The van der Waals surface area contributed by atoms with Crippen LogP contribution in [0.3, 0.4) is 0 Å². The third-order valence-corrected chi connectivity index (χ3v) is 3.69. The van der Waals surface area contributed by atoms with Gasteiger partial charge in [-0.3, -0.25) is 0 Å². The van der Waals surface area contributed by atoms with E-state index in [4.69, 9.17) is 4.74 Å². The second-order valence-electron chi connectivity index (χ2n) is 5.11. The first-order valence-electron chi connectivity index (χ1n) is 7.04. The summed E-state index contributed by atoms with van der Waals surface area (Å²) >= 11 is 0. The Hall–Kier alpha value is -1.20. The van der Waals surface area contributed by atoms with Gasteiger partial charge in [0.05, 0.1) is 6.61 Å². The van der Waals surface area contributed by atoms with Crippen molar-refractivity contribution in [2.75, 3.05) is 32.2 Å². The zero-order chi connectivity index (χ0) is 13.5. The molecule has 0 atom stereocenters. The molecule has 1 aromatic rings. The van der Waals surface area contributed by atoms with Gasteiger partial charge in [0.15, 0.2) is 0 Å². The molecule has 1 heterocycles. The first-order chi connectivity index (χ1) is 9.31. The monoisotopic (exact) mass is 264 g/mol. The number of nitrogens with zero attached hydrogens (tertiary/aromatic N) is 3. The Balaban J connectivity index is 1.83. The summed E-state index contributed by atoms with van der Waals surface area (Å²) in [6, 6.07) is 0.616. The number of hydrogen-bond acceptors (Lipinski definition) is 5. The summed E-state index contributed by atoms with van der Waals surface area (Å²) in [5.41, 5.74) is 1.11. The van der Waals surface area contributed by atoms with Crippen molar-refractivity contribution in [3.8, 4) is 0 Å². The van der Waals surface area contributed by atoms with E-state index in [0.29, 0.717) is 6.04 Å². The smallest absolute Gasteiger partial charge is 0.225 e. The van der Waals surface area contributed by atoms with Gasteiger partial charge in [-0.2, -0.15) is 0 Å². The fraction of sp³-hybridized carbons (Fsp3) is 0.714. The SMILES string of the molecule is COCCNCc1cnc(N(C)C2CCCC2)nc1. The molecule has 1 aliphatic rings. The second kappa shape index (κ2) is 7.40. The molecule has 1 saturated carbocycles. The lowest BCUT2D eigenvalue weighted by Gasteiger charge is -2.24. The van der Waals surface area contributed by atoms with Crippen molar-refractivity contribution in [1.82, 2.24) is 15.3 Å². The molecule has 0 bridgehead atoms. The van der Waals surface area contributed by atoms with Gasteiger partial charge in [-0.1, -0.05) is 12.8 Å². The molecule has 2 rings (SSSR count). The second-order valence-corrected chi connectivity index (χ2v) is 5.11. The molecule has 0 radical (unpaired) electrons. The molecule has 1 N–H and O–H groups in total. The van der Waals surface area contributed by atoms with E-state index in [1.54, 1.807) is 7.11 Å². The maximum atomic E-state index is 4.99. The fourth-order valence-electron chi connectivity index (χ4n) is 2.48. The maximum Gasteiger partial charge on any atom is 0.225 e. The summed E-state index contributed by atoms with van der Waals surface area (Å²) in [7, 11) is 3.81. The molecule has 19 heavy (non-hydrogen) atoms. The molecule has 1 fully saturated rings. The minimum Gasteiger partial charge on any atom is -0.383 e. The lowest BCUT2D eigenvalue weighted by Crippen LogP contribution is -2.30. The van der Waals surface area contributed by atoms with Crippen LogP contribution in [0.25, 0.3) is 0 Å². The average Bonchev–Trinajstić information content (AvgIpc) is 2.98. The van der Waals surface area contributed by atoms with Gasteiger partial charge in [0.25, 0.3) is 0 Å². The standard InChI is InChI=1S/C14H24N4O/c1-18(13-5-3-4-6-13)14-16-10-12(11-17-14)9-15-7-8-19-2/h10-11,13,15H,3-9H2,1-2H3. The number of ether oxygens (including phenoxy) is 1. The van der Waals surface area contributed by atoms with Gasteiger partial charge < -0.3 is 15.0 Å². The highest BCUT2D eigenvalue weighted by Crippen LogP contribution is 2.24. The Labute approximate surface area is 115 Å². The first-order valence-corrected chi connectivity index (χ1v) is 7.04. The van der Waals surface area contributed by atoms with Gasteiger partial charge in [-0.15, -0.1) is 0 Å². The Morgan fingerprint density at radius 1 is 1.32 bits per heavy atom. The van der Waals surface area contributed by atoms with Crippen molar-refractivity contribution in [3.63, 3.8) is 0 Å². The van der Waals surface area contributed by atoms with Crippen LogP contribution in [-0.4, -0.2) is 43.3 Å². The van der Waals surface area contributed by atoms with E-state index in [1.807, 2.05) is 12.4 Å². The van der Waals surface area contributed by atoms with E-state index in [9.17, 15) is 0 Å². The number of hydrogen-bond donors (Lipinski definition) is 1. The molecule has 0 aliphatic heterocycles. The Morgan fingerprint density at radius 2 is 2.00 bits per heavy atom. The lowest BCUT2D eigenvalue weighted by molar-refractivity contribution is 0.199. The number of aromatic nitrogens is 2. The molecule has 5 heteroatoms. The van der Waals surface area contributed by atoms with E-state index < -0.39 is 0 Å². The van der Waals surface area contributed by atoms with E-state index in [1.165, 1.54) is 25.7 Å². The summed E-state index contributed by atoms with van der Waals surface area (Å²) in [6.07, 6.45) is 9.01. The van der Waals surface area contributed by atoms with Gasteiger partial charge >= 0.3 is 0 Å². The van der Waals surface area contributed by atoms with E-state index in [2.05, 4.69) is 27.2 Å². The molecule has 0 spiro atoms. The van der Waals surface area contributed by atoms with Gasteiger partial charge in [0.1, 0.15) is 0 Å². The largest absolute Gasteiger partial charge is 0.383 e. The van der Waals surface area contributed by atoms with Crippen LogP contribution < -0.4 is 10.2 Å². The molecule has 1 aliphatic carbocycles. The summed E-state index contributed by atoms with van der Waals surface area (Å²) < 4.78 is 4.99. The summed E-state index contributed by atoms with van der Waals surface area (Å²) in [4.78, 5) is 11.1. The zero-order valence-corrected chi connectivity index (χ0v) is 11.9. The van der Waals surface area contributed by atoms with Gasteiger partial charge in [-0.05, 0) is 12.8 Å². The van der Waals surface area contributed by atoms with Crippen LogP contribution in [0.15, 0.2) is 12.4 Å². The minimum absolute atomic E-state index is 0.616. The number of anilines is 1.